The molecule has 0 amide bonds. The van der Waals surface area contributed by atoms with Gasteiger partial charge in [-0.25, -0.2) is 0 Å². The molecule has 2 atom stereocenters. The third kappa shape index (κ3) is 5.72. The zero-order chi connectivity index (χ0) is 13.6. The van der Waals surface area contributed by atoms with Gasteiger partial charge in [0.15, 0.2) is 0 Å². The van der Waals surface area contributed by atoms with Crippen LogP contribution in [-0.4, -0.2) is 6.54 Å². The van der Waals surface area contributed by atoms with Gasteiger partial charge in [-0.2, -0.15) is 0 Å². The minimum absolute atomic E-state index is 0.359. The van der Waals surface area contributed by atoms with Crippen molar-refractivity contribution in [3.05, 3.63) is 24.2 Å². The fourth-order valence-corrected chi connectivity index (χ4v) is 2.64. The Hall–Kier alpha value is -0.760. The van der Waals surface area contributed by atoms with Gasteiger partial charge in [-0.05, 0) is 49.3 Å². The third-order valence-corrected chi connectivity index (χ3v) is 3.13. The molecule has 0 spiro atoms. The highest BCUT2D eigenvalue weighted by atomic mass is 16.3. The van der Waals surface area contributed by atoms with E-state index >= 15 is 0 Å². The molecular formula is C16H29NO. The Balaban J connectivity index is 2.56. The quantitative estimate of drug-likeness (QED) is 0.754. The fourth-order valence-electron chi connectivity index (χ4n) is 2.64. The molecule has 18 heavy (non-hydrogen) atoms. The Kier molecular flexibility index (Phi) is 5.94. The van der Waals surface area contributed by atoms with Crippen molar-refractivity contribution >= 4 is 0 Å². The molecule has 1 aromatic rings. The number of furan rings is 1. The van der Waals surface area contributed by atoms with Crippen molar-refractivity contribution in [3.63, 3.8) is 0 Å². The van der Waals surface area contributed by atoms with Gasteiger partial charge in [0.25, 0.3) is 0 Å². The van der Waals surface area contributed by atoms with Gasteiger partial charge in [-0.1, -0.05) is 34.6 Å². The third-order valence-electron chi connectivity index (χ3n) is 3.13. The molecule has 104 valence electrons. The van der Waals surface area contributed by atoms with Crippen LogP contribution in [0.4, 0.5) is 0 Å². The summed E-state index contributed by atoms with van der Waals surface area (Å²) in [5.74, 6) is 1.77. The van der Waals surface area contributed by atoms with Crippen LogP contribution in [0.25, 0.3) is 0 Å². The van der Waals surface area contributed by atoms with E-state index in [1.54, 1.807) is 6.26 Å². The van der Waals surface area contributed by atoms with E-state index in [4.69, 9.17) is 4.42 Å². The first-order chi connectivity index (χ1) is 8.42. The van der Waals surface area contributed by atoms with Crippen molar-refractivity contribution in [2.75, 3.05) is 6.54 Å². The second-order valence-electron chi connectivity index (χ2n) is 6.63. The van der Waals surface area contributed by atoms with Crippen LogP contribution in [0, 0.1) is 11.3 Å². The van der Waals surface area contributed by atoms with Crippen molar-refractivity contribution in [3.8, 4) is 0 Å². The molecule has 0 aliphatic rings. The van der Waals surface area contributed by atoms with Crippen LogP contribution >= 0.6 is 0 Å². The molecule has 0 saturated carbocycles. The van der Waals surface area contributed by atoms with E-state index in [0.29, 0.717) is 17.4 Å². The first kappa shape index (κ1) is 15.3. The van der Waals surface area contributed by atoms with Gasteiger partial charge in [-0.3, -0.25) is 0 Å². The lowest BCUT2D eigenvalue weighted by molar-refractivity contribution is 0.264. The van der Waals surface area contributed by atoms with E-state index < -0.39 is 0 Å². The molecular weight excluding hydrogens is 222 g/mol. The van der Waals surface area contributed by atoms with Crippen LogP contribution in [-0.2, 0) is 0 Å². The Morgan fingerprint density at radius 3 is 2.56 bits per heavy atom. The highest BCUT2D eigenvalue weighted by molar-refractivity contribution is 5.04. The normalized spacial score (nSPS) is 15.6. The second-order valence-corrected chi connectivity index (χ2v) is 6.63. The summed E-state index contributed by atoms with van der Waals surface area (Å²) in [6.45, 7) is 12.5. The van der Waals surface area contributed by atoms with Crippen LogP contribution in [0.1, 0.15) is 65.7 Å². The van der Waals surface area contributed by atoms with Gasteiger partial charge in [0.05, 0.1) is 12.3 Å². The Bertz CT molecular complexity index is 310. The Labute approximate surface area is 112 Å². The van der Waals surface area contributed by atoms with E-state index in [1.165, 1.54) is 6.42 Å². The lowest BCUT2D eigenvalue weighted by Gasteiger charge is -2.26. The molecule has 2 unspecified atom stereocenters. The van der Waals surface area contributed by atoms with Crippen LogP contribution in [0.3, 0.4) is 0 Å². The van der Waals surface area contributed by atoms with E-state index in [-0.39, 0.29) is 0 Å². The maximum Gasteiger partial charge on any atom is 0.120 e. The highest BCUT2D eigenvalue weighted by Gasteiger charge is 2.21. The number of rotatable bonds is 7. The SMILES string of the molecule is CCCNC(CC(C)CC(C)(C)C)c1ccco1. The van der Waals surface area contributed by atoms with Crippen LogP contribution < -0.4 is 5.32 Å². The van der Waals surface area contributed by atoms with Crippen molar-refractivity contribution in [2.45, 2.75) is 59.9 Å². The first-order valence-electron chi connectivity index (χ1n) is 7.19. The lowest BCUT2D eigenvalue weighted by atomic mass is 9.82. The van der Waals surface area contributed by atoms with Crippen LogP contribution in [0.15, 0.2) is 22.8 Å². The number of hydrogen-bond donors (Lipinski definition) is 1. The largest absolute Gasteiger partial charge is 0.468 e. The summed E-state index contributed by atoms with van der Waals surface area (Å²) in [5.41, 5.74) is 0.401. The van der Waals surface area contributed by atoms with E-state index in [2.05, 4.69) is 46.0 Å². The molecule has 0 saturated heterocycles. The summed E-state index contributed by atoms with van der Waals surface area (Å²) in [7, 11) is 0. The molecule has 0 fully saturated rings. The highest BCUT2D eigenvalue weighted by Crippen LogP contribution is 2.30. The summed E-state index contributed by atoms with van der Waals surface area (Å²) >= 11 is 0. The average Bonchev–Trinajstić information content (AvgIpc) is 2.74. The van der Waals surface area contributed by atoms with Crippen molar-refractivity contribution in [2.24, 2.45) is 11.3 Å². The molecule has 0 aliphatic carbocycles. The molecule has 2 nitrogen and oxygen atoms in total. The topological polar surface area (TPSA) is 25.2 Å². The molecule has 2 heteroatoms. The minimum atomic E-state index is 0.359. The summed E-state index contributed by atoms with van der Waals surface area (Å²) < 4.78 is 5.56. The van der Waals surface area contributed by atoms with Gasteiger partial charge in [-0.15, -0.1) is 0 Å². The van der Waals surface area contributed by atoms with Crippen molar-refractivity contribution < 1.29 is 4.42 Å². The predicted molar refractivity (Wildman–Crippen MR) is 77.6 cm³/mol. The summed E-state index contributed by atoms with van der Waals surface area (Å²) in [6.07, 6.45) is 5.32. The van der Waals surface area contributed by atoms with E-state index in [9.17, 15) is 0 Å². The maximum atomic E-state index is 5.56. The predicted octanol–water partition coefficient (Wildman–Crippen LogP) is 4.78. The lowest BCUT2D eigenvalue weighted by Crippen LogP contribution is -2.25. The second kappa shape index (κ2) is 6.98. The van der Waals surface area contributed by atoms with Crippen LogP contribution in [0.2, 0.25) is 0 Å². The molecule has 0 aliphatic heterocycles. The zero-order valence-corrected chi connectivity index (χ0v) is 12.6. The van der Waals surface area contributed by atoms with Gasteiger partial charge >= 0.3 is 0 Å². The summed E-state index contributed by atoms with van der Waals surface area (Å²) in [6, 6.07) is 4.42. The molecule has 0 bridgehead atoms. The Morgan fingerprint density at radius 2 is 2.06 bits per heavy atom. The molecule has 1 aromatic heterocycles. The van der Waals surface area contributed by atoms with Crippen molar-refractivity contribution in [1.29, 1.82) is 0 Å². The zero-order valence-electron chi connectivity index (χ0n) is 12.6. The molecule has 1 heterocycles. The van der Waals surface area contributed by atoms with Gasteiger partial charge < -0.3 is 9.73 Å². The summed E-state index contributed by atoms with van der Waals surface area (Å²) in [5, 5.41) is 3.59. The maximum absolute atomic E-state index is 5.56. The smallest absolute Gasteiger partial charge is 0.120 e. The van der Waals surface area contributed by atoms with Gasteiger partial charge in [0, 0.05) is 0 Å². The van der Waals surface area contributed by atoms with Gasteiger partial charge in [0.1, 0.15) is 5.76 Å². The standard InChI is InChI=1S/C16H29NO/c1-6-9-17-14(15-8-7-10-18-15)11-13(2)12-16(3,4)5/h7-8,10,13-14,17H,6,9,11-12H2,1-5H3. The minimum Gasteiger partial charge on any atom is -0.468 e. The number of nitrogens with one attached hydrogen (secondary N) is 1. The average molecular weight is 251 g/mol. The van der Waals surface area contributed by atoms with Crippen molar-refractivity contribution in [1.82, 2.24) is 5.32 Å². The monoisotopic (exact) mass is 251 g/mol. The summed E-state index contributed by atoms with van der Waals surface area (Å²) in [4.78, 5) is 0. The molecule has 0 radical (unpaired) electrons. The number of hydrogen-bond acceptors (Lipinski definition) is 2. The van der Waals surface area contributed by atoms with Gasteiger partial charge in [0.2, 0.25) is 0 Å². The first-order valence-corrected chi connectivity index (χ1v) is 7.19. The molecule has 1 rings (SSSR count). The van der Waals surface area contributed by atoms with Crippen LogP contribution in [0.5, 0.6) is 0 Å². The Morgan fingerprint density at radius 1 is 1.33 bits per heavy atom. The fraction of sp³-hybridized carbons (Fsp3) is 0.750. The molecule has 1 N–H and O–H groups in total. The molecule has 0 aromatic carbocycles. The van der Waals surface area contributed by atoms with E-state index in [1.807, 2.05) is 6.07 Å². The van der Waals surface area contributed by atoms with E-state index in [0.717, 1.165) is 25.1 Å².